The summed E-state index contributed by atoms with van der Waals surface area (Å²) in [5.74, 6) is 0. The summed E-state index contributed by atoms with van der Waals surface area (Å²) in [4.78, 5) is 18.4. The van der Waals surface area contributed by atoms with Gasteiger partial charge in [-0.1, -0.05) is 66.7 Å². The number of pyridine rings is 1. The fourth-order valence-electron chi connectivity index (χ4n) is 6.13. The van der Waals surface area contributed by atoms with Crippen molar-refractivity contribution in [2.75, 3.05) is 0 Å². The molecule has 4 aromatic heterocycles. The first-order chi connectivity index (χ1) is 20.2. The van der Waals surface area contributed by atoms with E-state index in [4.69, 9.17) is 13.8 Å². The van der Waals surface area contributed by atoms with Gasteiger partial charge in [0.15, 0.2) is 5.58 Å². The third kappa shape index (κ3) is 3.11. The number of fused-ring (bicyclic) bond motifs is 8. The van der Waals surface area contributed by atoms with E-state index in [1.807, 2.05) is 78.9 Å². The van der Waals surface area contributed by atoms with Gasteiger partial charge in [-0.05, 0) is 54.1 Å². The number of aromatic nitrogens is 2. The van der Waals surface area contributed by atoms with Crippen molar-refractivity contribution in [1.82, 2.24) is 9.55 Å². The van der Waals surface area contributed by atoms with Crippen LogP contribution >= 0.6 is 0 Å². The van der Waals surface area contributed by atoms with Crippen LogP contribution in [0.4, 0.5) is 0 Å². The Morgan fingerprint density at radius 2 is 1.24 bits per heavy atom. The molecule has 41 heavy (non-hydrogen) atoms. The van der Waals surface area contributed by atoms with Crippen molar-refractivity contribution in [2.24, 2.45) is 0 Å². The fourth-order valence-corrected chi connectivity index (χ4v) is 6.13. The third-order valence-corrected chi connectivity index (χ3v) is 7.99. The molecule has 192 valence electrons. The zero-order chi connectivity index (χ0) is 27.1. The maximum atomic E-state index is 13.3. The van der Waals surface area contributed by atoms with E-state index >= 15 is 0 Å². The zero-order valence-electron chi connectivity index (χ0n) is 21.7. The van der Waals surface area contributed by atoms with Crippen LogP contribution < -0.4 is 5.43 Å². The second-order valence-electron chi connectivity index (χ2n) is 10.3. The van der Waals surface area contributed by atoms with Crippen molar-refractivity contribution in [3.63, 3.8) is 0 Å². The minimum atomic E-state index is -0.0248. The van der Waals surface area contributed by atoms with E-state index in [0.29, 0.717) is 21.9 Å². The topological polar surface area (TPSA) is 61.2 Å². The molecule has 0 aliphatic carbocycles. The molecule has 0 bridgehead atoms. The van der Waals surface area contributed by atoms with Gasteiger partial charge in [0.05, 0.1) is 27.3 Å². The number of furan rings is 1. The lowest BCUT2D eigenvalue weighted by atomic mass is 10.0. The Morgan fingerprint density at radius 1 is 0.537 bits per heavy atom. The van der Waals surface area contributed by atoms with Crippen molar-refractivity contribution < 1.29 is 8.83 Å². The fraction of sp³-hybridized carbons (Fsp3) is 0. The molecule has 0 radical (unpaired) electrons. The lowest BCUT2D eigenvalue weighted by Gasteiger charge is -2.11. The molecule has 0 spiro atoms. The van der Waals surface area contributed by atoms with Gasteiger partial charge in [0.1, 0.15) is 22.3 Å². The first-order valence-corrected chi connectivity index (χ1v) is 13.5. The van der Waals surface area contributed by atoms with Gasteiger partial charge in [0, 0.05) is 28.1 Å². The number of benzene rings is 5. The number of nitrogens with zero attached hydrogens (tertiary/aromatic N) is 2. The van der Waals surface area contributed by atoms with Gasteiger partial charge in [-0.2, -0.15) is 0 Å². The van der Waals surface area contributed by atoms with Gasteiger partial charge in [-0.25, -0.2) is 4.98 Å². The van der Waals surface area contributed by atoms with E-state index in [0.717, 1.165) is 60.8 Å². The van der Waals surface area contributed by atoms with Gasteiger partial charge in [-0.3, -0.25) is 4.79 Å². The number of para-hydroxylation sites is 4. The van der Waals surface area contributed by atoms with Gasteiger partial charge >= 0.3 is 0 Å². The summed E-state index contributed by atoms with van der Waals surface area (Å²) in [5, 5.41) is 3.23. The quantitative estimate of drug-likeness (QED) is 0.210. The molecular weight excluding hydrogens is 508 g/mol. The maximum Gasteiger partial charge on any atom is 0.200 e. The monoisotopic (exact) mass is 528 g/mol. The molecule has 0 unspecified atom stereocenters. The normalized spacial score (nSPS) is 12.0. The van der Waals surface area contributed by atoms with Crippen LogP contribution in [0.5, 0.6) is 0 Å². The molecule has 0 fully saturated rings. The van der Waals surface area contributed by atoms with E-state index in [1.165, 1.54) is 0 Å². The average Bonchev–Trinajstić information content (AvgIpc) is 3.55. The number of rotatable bonds is 2. The Bertz CT molecular complexity index is 2570. The minimum absolute atomic E-state index is 0.0248. The number of hydrogen-bond acceptors (Lipinski definition) is 4. The summed E-state index contributed by atoms with van der Waals surface area (Å²) in [6.45, 7) is 0. The SMILES string of the molecule is O=c1c2ccccc2oc2c(-c3cccc(-n4c5ccccc5c5nc6c(cc54)oc4ccccc46)c3)cccc12. The highest BCUT2D eigenvalue weighted by Crippen LogP contribution is 2.37. The summed E-state index contributed by atoms with van der Waals surface area (Å²) in [6.07, 6.45) is 0. The first kappa shape index (κ1) is 22.2. The molecule has 5 heteroatoms. The molecule has 0 amide bonds. The lowest BCUT2D eigenvalue weighted by molar-refractivity contribution is 0.661. The Labute approximate surface area is 232 Å². The predicted molar refractivity (Wildman–Crippen MR) is 165 cm³/mol. The molecule has 0 N–H and O–H groups in total. The average molecular weight is 529 g/mol. The highest BCUT2D eigenvalue weighted by Gasteiger charge is 2.18. The maximum absolute atomic E-state index is 13.3. The molecular formula is C36H20N2O3. The standard InChI is InChI=1S/C36H20N2O3/c39-35-26-13-3-6-18-31(26)41-36-23(14-8-15-27(35)36)21-9-7-10-22(19-21)38-28-16-4-1-11-24(28)33-29(38)20-32-34(37-33)25-12-2-5-17-30(25)40-32/h1-20H. The second-order valence-corrected chi connectivity index (χ2v) is 10.3. The molecule has 0 aliphatic rings. The lowest BCUT2D eigenvalue weighted by Crippen LogP contribution is -2.02. The molecule has 5 aromatic carbocycles. The summed E-state index contributed by atoms with van der Waals surface area (Å²) < 4.78 is 14.8. The Hall–Kier alpha value is -5.68. The molecule has 0 saturated carbocycles. The highest BCUT2D eigenvalue weighted by atomic mass is 16.3. The molecule has 0 atom stereocenters. The Balaban J connectivity index is 1.32. The van der Waals surface area contributed by atoms with Crippen molar-refractivity contribution in [2.45, 2.75) is 0 Å². The minimum Gasteiger partial charge on any atom is -0.455 e. The van der Waals surface area contributed by atoms with Crippen molar-refractivity contribution in [3.05, 3.63) is 132 Å². The summed E-state index contributed by atoms with van der Waals surface area (Å²) in [7, 11) is 0. The molecule has 0 saturated heterocycles. The summed E-state index contributed by atoms with van der Waals surface area (Å²) in [5.41, 5.74) is 9.32. The van der Waals surface area contributed by atoms with Crippen LogP contribution in [-0.4, -0.2) is 9.55 Å². The third-order valence-electron chi connectivity index (χ3n) is 7.99. The molecule has 9 rings (SSSR count). The predicted octanol–water partition coefficient (Wildman–Crippen LogP) is 9.00. The summed E-state index contributed by atoms with van der Waals surface area (Å²) >= 11 is 0. The molecule has 9 aromatic rings. The largest absolute Gasteiger partial charge is 0.455 e. The van der Waals surface area contributed by atoms with Gasteiger partial charge in [0.2, 0.25) is 5.43 Å². The first-order valence-electron chi connectivity index (χ1n) is 13.5. The van der Waals surface area contributed by atoms with Crippen LogP contribution in [0.3, 0.4) is 0 Å². The van der Waals surface area contributed by atoms with E-state index < -0.39 is 0 Å². The van der Waals surface area contributed by atoms with Crippen molar-refractivity contribution >= 4 is 65.9 Å². The van der Waals surface area contributed by atoms with Crippen LogP contribution in [0.2, 0.25) is 0 Å². The molecule has 4 heterocycles. The van der Waals surface area contributed by atoms with Gasteiger partial charge < -0.3 is 13.4 Å². The molecule has 5 nitrogen and oxygen atoms in total. The Kier molecular flexibility index (Phi) is 4.41. The highest BCUT2D eigenvalue weighted by molar-refractivity contribution is 6.13. The van der Waals surface area contributed by atoms with Crippen LogP contribution in [-0.2, 0) is 0 Å². The van der Waals surface area contributed by atoms with Crippen LogP contribution in [0.1, 0.15) is 0 Å². The van der Waals surface area contributed by atoms with E-state index in [1.54, 1.807) is 0 Å². The smallest absolute Gasteiger partial charge is 0.200 e. The second kappa shape index (κ2) is 8.16. The van der Waals surface area contributed by atoms with Crippen LogP contribution in [0.25, 0.3) is 82.8 Å². The zero-order valence-corrected chi connectivity index (χ0v) is 21.7. The summed E-state index contributed by atoms with van der Waals surface area (Å²) in [6, 6.07) is 39.9. The van der Waals surface area contributed by atoms with E-state index in [2.05, 4.69) is 47.0 Å². The van der Waals surface area contributed by atoms with Crippen molar-refractivity contribution in [3.8, 4) is 16.8 Å². The van der Waals surface area contributed by atoms with E-state index in [9.17, 15) is 4.79 Å². The van der Waals surface area contributed by atoms with Crippen LogP contribution in [0.15, 0.2) is 135 Å². The molecule has 0 aliphatic heterocycles. The Morgan fingerprint density at radius 3 is 2.12 bits per heavy atom. The van der Waals surface area contributed by atoms with E-state index in [-0.39, 0.29) is 5.43 Å². The number of hydrogen-bond donors (Lipinski definition) is 0. The van der Waals surface area contributed by atoms with Gasteiger partial charge in [-0.15, -0.1) is 0 Å². The van der Waals surface area contributed by atoms with Crippen LogP contribution in [0, 0.1) is 0 Å². The van der Waals surface area contributed by atoms with Crippen molar-refractivity contribution in [1.29, 1.82) is 0 Å². The van der Waals surface area contributed by atoms with Gasteiger partial charge in [0.25, 0.3) is 0 Å².